The van der Waals surface area contributed by atoms with Gasteiger partial charge in [-0.2, -0.15) is 17.9 Å². The van der Waals surface area contributed by atoms with Crippen molar-refractivity contribution < 1.29 is 31.6 Å². The fourth-order valence-electron chi connectivity index (χ4n) is 2.96. The van der Waals surface area contributed by atoms with Crippen molar-refractivity contribution in [3.05, 3.63) is 88.6 Å². The van der Waals surface area contributed by atoms with Crippen molar-refractivity contribution in [1.29, 1.82) is 0 Å². The van der Waals surface area contributed by atoms with Gasteiger partial charge >= 0.3 is 11.9 Å². The van der Waals surface area contributed by atoms with E-state index in [9.17, 15) is 27.6 Å². The van der Waals surface area contributed by atoms with E-state index in [4.69, 9.17) is 8.83 Å². The Morgan fingerprint density at radius 3 is 2.41 bits per heavy atom. The minimum Gasteiger partial charge on any atom is -0.459 e. The topological polar surface area (TPSA) is 119 Å². The molecule has 2 amide bonds. The standard InChI is InChI=1S/C22H15F3N4O5/c23-22(24,25)14-5-2-7-16(11-14)27-19(31)13-4-1-6-15(10-13)26-18(30)12-29-21(32)34-20(28-29)17-8-3-9-33-17/h1-11H,12H2,(H,26,30)(H,27,31). The van der Waals surface area contributed by atoms with Crippen LogP contribution in [-0.2, 0) is 17.5 Å². The monoisotopic (exact) mass is 472 g/mol. The van der Waals surface area contributed by atoms with Crippen LogP contribution in [0.1, 0.15) is 15.9 Å². The molecular weight excluding hydrogens is 457 g/mol. The van der Waals surface area contributed by atoms with Crippen LogP contribution >= 0.6 is 0 Å². The number of carbonyl (C=O) groups is 2. The lowest BCUT2D eigenvalue weighted by Gasteiger charge is -2.11. The highest BCUT2D eigenvalue weighted by Gasteiger charge is 2.30. The van der Waals surface area contributed by atoms with Crippen molar-refractivity contribution in [2.24, 2.45) is 0 Å². The molecule has 2 heterocycles. The number of anilines is 2. The fraction of sp³-hybridized carbons (Fsp3) is 0.0909. The van der Waals surface area contributed by atoms with Crippen LogP contribution in [-0.4, -0.2) is 21.6 Å². The van der Waals surface area contributed by atoms with Crippen LogP contribution in [0.15, 0.2) is 80.6 Å². The van der Waals surface area contributed by atoms with E-state index in [1.165, 1.54) is 48.7 Å². The third kappa shape index (κ3) is 5.23. The number of aromatic nitrogens is 2. The molecule has 4 rings (SSSR count). The predicted octanol–water partition coefficient (Wildman–Crippen LogP) is 4.01. The van der Waals surface area contributed by atoms with Crippen LogP contribution in [0, 0.1) is 0 Å². The Morgan fingerprint density at radius 1 is 0.971 bits per heavy atom. The number of nitrogens with zero attached hydrogens (tertiary/aromatic N) is 2. The third-order valence-corrected chi connectivity index (χ3v) is 4.49. The molecule has 12 heteroatoms. The SMILES string of the molecule is O=C(Cn1nc(-c2ccco2)oc1=O)Nc1cccc(C(=O)Nc2cccc(C(F)(F)F)c2)c1. The molecule has 9 nitrogen and oxygen atoms in total. The number of amides is 2. The highest BCUT2D eigenvalue weighted by molar-refractivity contribution is 6.05. The smallest absolute Gasteiger partial charge is 0.437 e. The Bertz CT molecular complexity index is 1390. The van der Waals surface area contributed by atoms with Crippen LogP contribution in [0.25, 0.3) is 11.7 Å². The van der Waals surface area contributed by atoms with Crippen LogP contribution in [0.4, 0.5) is 24.5 Å². The van der Waals surface area contributed by atoms with E-state index in [1.54, 1.807) is 6.07 Å². The maximum atomic E-state index is 12.9. The fourth-order valence-corrected chi connectivity index (χ4v) is 2.96. The van der Waals surface area contributed by atoms with E-state index in [-0.39, 0.29) is 28.6 Å². The molecule has 0 unspecified atom stereocenters. The lowest BCUT2D eigenvalue weighted by Crippen LogP contribution is -2.26. The molecule has 0 fully saturated rings. The highest BCUT2D eigenvalue weighted by atomic mass is 19.4. The molecule has 34 heavy (non-hydrogen) atoms. The van der Waals surface area contributed by atoms with E-state index in [1.807, 2.05) is 0 Å². The molecule has 0 saturated heterocycles. The molecule has 0 saturated carbocycles. The minimum absolute atomic E-state index is 0.0352. The van der Waals surface area contributed by atoms with Crippen molar-refractivity contribution in [2.75, 3.05) is 10.6 Å². The zero-order valence-corrected chi connectivity index (χ0v) is 17.1. The van der Waals surface area contributed by atoms with Crippen molar-refractivity contribution in [2.45, 2.75) is 12.7 Å². The summed E-state index contributed by atoms with van der Waals surface area (Å²) in [5.41, 5.74) is -0.616. The largest absolute Gasteiger partial charge is 0.459 e. The molecule has 2 N–H and O–H groups in total. The highest BCUT2D eigenvalue weighted by Crippen LogP contribution is 2.30. The van der Waals surface area contributed by atoms with E-state index >= 15 is 0 Å². The van der Waals surface area contributed by atoms with Gasteiger partial charge in [-0.05, 0) is 48.5 Å². The molecule has 2 aromatic carbocycles. The molecule has 0 spiro atoms. The summed E-state index contributed by atoms with van der Waals surface area (Å²) in [5, 5.41) is 8.79. The number of rotatable bonds is 6. The van der Waals surface area contributed by atoms with Crippen molar-refractivity contribution in [1.82, 2.24) is 9.78 Å². The van der Waals surface area contributed by atoms with E-state index in [0.29, 0.717) is 0 Å². The zero-order chi connectivity index (χ0) is 24.3. The number of benzene rings is 2. The second-order valence-electron chi connectivity index (χ2n) is 6.97. The number of furan rings is 1. The van der Waals surface area contributed by atoms with Crippen molar-refractivity contribution in [3.63, 3.8) is 0 Å². The van der Waals surface area contributed by atoms with Gasteiger partial charge in [-0.3, -0.25) is 9.59 Å². The van der Waals surface area contributed by atoms with Gasteiger partial charge in [0.05, 0.1) is 11.8 Å². The van der Waals surface area contributed by atoms with Gasteiger partial charge in [0.15, 0.2) is 5.76 Å². The molecule has 0 aliphatic carbocycles. The first-order valence-electron chi connectivity index (χ1n) is 9.69. The average Bonchev–Trinajstić information content (AvgIpc) is 3.44. The first-order chi connectivity index (χ1) is 16.2. The molecule has 0 atom stereocenters. The Kier molecular flexibility index (Phi) is 6.04. The van der Waals surface area contributed by atoms with Crippen LogP contribution in [0.5, 0.6) is 0 Å². The maximum Gasteiger partial charge on any atom is 0.437 e. The van der Waals surface area contributed by atoms with Crippen LogP contribution in [0.3, 0.4) is 0 Å². The zero-order valence-electron chi connectivity index (χ0n) is 17.1. The Balaban J connectivity index is 1.42. The second kappa shape index (κ2) is 9.10. The van der Waals surface area contributed by atoms with Gasteiger partial charge in [-0.15, -0.1) is 5.10 Å². The first kappa shape index (κ1) is 22.6. The lowest BCUT2D eigenvalue weighted by atomic mass is 10.1. The normalized spacial score (nSPS) is 11.3. The Morgan fingerprint density at radius 2 is 1.71 bits per heavy atom. The average molecular weight is 472 g/mol. The first-order valence-corrected chi connectivity index (χ1v) is 9.69. The number of halogens is 3. The number of carbonyl (C=O) groups excluding carboxylic acids is 2. The number of hydrogen-bond acceptors (Lipinski definition) is 6. The third-order valence-electron chi connectivity index (χ3n) is 4.49. The van der Waals surface area contributed by atoms with Gasteiger partial charge in [0.25, 0.3) is 11.8 Å². The maximum absolute atomic E-state index is 12.9. The summed E-state index contributed by atoms with van der Waals surface area (Å²) in [5.74, 6) is -2.04. The molecule has 2 aromatic heterocycles. The molecular formula is C22H15F3N4O5. The molecule has 174 valence electrons. The quantitative estimate of drug-likeness (QED) is 0.438. The minimum atomic E-state index is -4.55. The molecule has 0 radical (unpaired) electrons. The Labute approximate surface area is 188 Å². The Hall–Kier alpha value is -4.61. The van der Waals surface area contributed by atoms with Crippen molar-refractivity contribution in [3.8, 4) is 11.7 Å². The second-order valence-corrected chi connectivity index (χ2v) is 6.97. The van der Waals surface area contributed by atoms with Crippen molar-refractivity contribution >= 4 is 23.2 Å². The van der Waals surface area contributed by atoms with Gasteiger partial charge in [0.1, 0.15) is 6.54 Å². The van der Waals surface area contributed by atoms with E-state index in [0.717, 1.165) is 16.8 Å². The summed E-state index contributed by atoms with van der Waals surface area (Å²) in [6, 6.07) is 13.1. The van der Waals surface area contributed by atoms with Gasteiger partial charge in [-0.1, -0.05) is 12.1 Å². The summed E-state index contributed by atoms with van der Waals surface area (Å²) in [4.78, 5) is 36.7. The van der Waals surface area contributed by atoms with E-state index in [2.05, 4.69) is 15.7 Å². The van der Waals surface area contributed by atoms with Crippen LogP contribution in [0.2, 0.25) is 0 Å². The van der Waals surface area contributed by atoms with Gasteiger partial charge in [-0.25, -0.2) is 4.79 Å². The number of hydrogen-bond donors (Lipinski definition) is 2. The molecule has 4 aromatic rings. The summed E-state index contributed by atoms with van der Waals surface area (Å²) in [6.45, 7) is -0.469. The molecule has 0 bridgehead atoms. The summed E-state index contributed by atoms with van der Waals surface area (Å²) in [7, 11) is 0. The van der Waals surface area contributed by atoms with Gasteiger partial charge in [0, 0.05) is 16.9 Å². The number of alkyl halides is 3. The summed E-state index contributed by atoms with van der Waals surface area (Å²) < 4.78 is 49.4. The summed E-state index contributed by atoms with van der Waals surface area (Å²) in [6.07, 6.45) is -3.17. The summed E-state index contributed by atoms with van der Waals surface area (Å²) >= 11 is 0. The van der Waals surface area contributed by atoms with Gasteiger partial charge in [0.2, 0.25) is 5.91 Å². The molecule has 0 aliphatic rings. The molecule has 0 aliphatic heterocycles. The van der Waals surface area contributed by atoms with Gasteiger partial charge < -0.3 is 19.5 Å². The van der Waals surface area contributed by atoms with E-state index < -0.39 is 35.9 Å². The predicted molar refractivity (Wildman–Crippen MR) is 113 cm³/mol. The lowest BCUT2D eigenvalue weighted by molar-refractivity contribution is -0.137. The van der Waals surface area contributed by atoms with Crippen LogP contribution < -0.4 is 16.4 Å². The number of nitrogens with one attached hydrogen (secondary N) is 2.